The minimum Gasteiger partial charge on any atom is -0.462 e. The predicted octanol–water partition coefficient (Wildman–Crippen LogP) is 21.0. The lowest BCUT2D eigenvalue weighted by Gasteiger charge is -2.18. The molecule has 0 spiro atoms. The summed E-state index contributed by atoms with van der Waals surface area (Å²) in [5.74, 6) is -0.892. The Balaban J connectivity index is 4.27. The molecule has 0 fully saturated rings. The molecule has 0 N–H and O–H groups in total. The second-order valence-corrected chi connectivity index (χ2v) is 21.0. The van der Waals surface area contributed by atoms with Gasteiger partial charge in [-0.3, -0.25) is 14.4 Å². The van der Waals surface area contributed by atoms with E-state index in [4.69, 9.17) is 14.2 Å². The van der Waals surface area contributed by atoms with Crippen molar-refractivity contribution in [2.75, 3.05) is 13.2 Å². The van der Waals surface area contributed by atoms with Gasteiger partial charge in [-0.05, 0) is 77.0 Å². The summed E-state index contributed by atoms with van der Waals surface area (Å²) < 4.78 is 16.9. The van der Waals surface area contributed by atoms with E-state index < -0.39 is 6.10 Å². The lowest BCUT2D eigenvalue weighted by atomic mass is 10.0. The number of hydrogen-bond acceptors (Lipinski definition) is 6. The minimum atomic E-state index is -0.785. The smallest absolute Gasteiger partial charge is 0.306 e. The number of carbonyl (C=O) groups is 3. The number of esters is 3. The molecule has 1 unspecified atom stereocenters. The molecule has 0 aromatic rings. The quantitative estimate of drug-likeness (QED) is 0.0261. The maximum atomic E-state index is 12.9. The van der Waals surface area contributed by atoms with Crippen LogP contribution < -0.4 is 0 Å². The molecule has 0 aliphatic carbocycles. The lowest BCUT2D eigenvalue weighted by Crippen LogP contribution is -2.30. The average Bonchev–Trinajstić information content (AvgIpc) is 3.37. The molecule has 0 saturated heterocycles. The monoisotopic (exact) mass is 995 g/mol. The minimum absolute atomic E-state index is 0.0804. The SMILES string of the molecule is CCC/C=C\C/C=C\CCCCCCCC(=O)OCC(COC(=O)CCCCCCCCCCCCCCCCCCCCCCCCCC)OC(=O)CCCCCCC/C=C\C/C=C\CCCCCC. The van der Waals surface area contributed by atoms with Gasteiger partial charge in [0.15, 0.2) is 6.10 Å². The zero-order valence-corrected chi connectivity index (χ0v) is 47.5. The van der Waals surface area contributed by atoms with Crippen LogP contribution in [0.3, 0.4) is 0 Å². The van der Waals surface area contributed by atoms with Crippen LogP contribution in [0, 0.1) is 0 Å². The standard InChI is InChI=1S/C65H118O6/c1-4-7-10-13-16-19-22-25-27-29-30-31-32-33-34-35-36-38-40-43-46-49-52-55-58-64(67)70-61-62(60-69-63(66)57-54-51-48-45-42-39-24-21-18-15-12-9-6-3)71-65(68)59-56-53-50-47-44-41-37-28-26-23-20-17-14-11-8-5-2/h12,15,20-21,23-24,28,37,62H,4-11,13-14,16-19,22,25-27,29-36,38-61H2,1-3H3/b15-12-,23-20-,24-21-,37-28-. The highest BCUT2D eigenvalue weighted by Gasteiger charge is 2.19. The van der Waals surface area contributed by atoms with Crippen molar-refractivity contribution in [2.45, 2.75) is 335 Å². The van der Waals surface area contributed by atoms with Gasteiger partial charge in [0.05, 0.1) is 0 Å². The van der Waals surface area contributed by atoms with Gasteiger partial charge < -0.3 is 14.2 Å². The summed E-state index contributed by atoms with van der Waals surface area (Å²) in [7, 11) is 0. The number of carbonyl (C=O) groups excluding carboxylic acids is 3. The van der Waals surface area contributed by atoms with Crippen LogP contribution in [0.4, 0.5) is 0 Å². The number of ether oxygens (including phenoxy) is 3. The van der Waals surface area contributed by atoms with Crippen molar-refractivity contribution in [3.63, 3.8) is 0 Å². The Morgan fingerprint density at radius 2 is 0.535 bits per heavy atom. The Hall–Kier alpha value is -2.63. The molecule has 0 heterocycles. The molecule has 1 atom stereocenters. The molecule has 0 rings (SSSR count). The van der Waals surface area contributed by atoms with Gasteiger partial charge in [-0.2, -0.15) is 0 Å². The number of unbranched alkanes of at least 4 members (excludes halogenated alkanes) is 38. The fourth-order valence-electron chi connectivity index (χ4n) is 9.10. The fraction of sp³-hybridized carbons (Fsp3) is 0.831. The van der Waals surface area contributed by atoms with E-state index in [-0.39, 0.29) is 31.1 Å². The van der Waals surface area contributed by atoms with E-state index in [1.807, 2.05) is 0 Å². The van der Waals surface area contributed by atoms with Crippen molar-refractivity contribution in [3.8, 4) is 0 Å². The predicted molar refractivity (Wildman–Crippen MR) is 307 cm³/mol. The molecule has 0 bridgehead atoms. The topological polar surface area (TPSA) is 78.9 Å². The molecule has 0 amide bonds. The first-order chi connectivity index (χ1) is 35.0. The Bertz CT molecular complexity index is 1230. The Kier molecular flexibility index (Phi) is 57.7. The van der Waals surface area contributed by atoms with Crippen molar-refractivity contribution >= 4 is 17.9 Å². The molecular weight excluding hydrogens is 877 g/mol. The molecule has 0 saturated carbocycles. The van der Waals surface area contributed by atoms with E-state index in [9.17, 15) is 14.4 Å². The van der Waals surface area contributed by atoms with Crippen LogP contribution >= 0.6 is 0 Å². The normalized spacial score (nSPS) is 12.3. The summed E-state index contributed by atoms with van der Waals surface area (Å²) in [4.78, 5) is 38.2. The van der Waals surface area contributed by atoms with Gasteiger partial charge in [-0.1, -0.05) is 281 Å². The van der Waals surface area contributed by atoms with Gasteiger partial charge in [-0.25, -0.2) is 0 Å². The zero-order valence-electron chi connectivity index (χ0n) is 47.5. The summed E-state index contributed by atoms with van der Waals surface area (Å²) in [6.07, 6.45) is 74.1. The van der Waals surface area contributed by atoms with Crippen LogP contribution in [0.5, 0.6) is 0 Å². The first-order valence-electron chi connectivity index (χ1n) is 31.1. The molecule has 0 aromatic carbocycles. The summed E-state index contributed by atoms with van der Waals surface area (Å²) in [6, 6.07) is 0. The van der Waals surface area contributed by atoms with Gasteiger partial charge in [0, 0.05) is 19.3 Å². The van der Waals surface area contributed by atoms with Gasteiger partial charge in [-0.15, -0.1) is 0 Å². The summed E-state index contributed by atoms with van der Waals surface area (Å²) in [5.41, 5.74) is 0. The average molecular weight is 996 g/mol. The third-order valence-electron chi connectivity index (χ3n) is 13.8. The van der Waals surface area contributed by atoms with Crippen molar-refractivity contribution in [3.05, 3.63) is 48.6 Å². The third kappa shape index (κ3) is 58.1. The molecule has 0 radical (unpaired) electrons. The maximum absolute atomic E-state index is 12.9. The first kappa shape index (κ1) is 68.4. The summed E-state index contributed by atoms with van der Waals surface area (Å²) >= 11 is 0. The van der Waals surface area contributed by atoms with E-state index in [1.165, 1.54) is 180 Å². The van der Waals surface area contributed by atoms with Gasteiger partial charge in [0.2, 0.25) is 0 Å². The summed E-state index contributed by atoms with van der Waals surface area (Å²) in [6.45, 7) is 6.58. The van der Waals surface area contributed by atoms with E-state index in [1.54, 1.807) is 0 Å². The van der Waals surface area contributed by atoms with Crippen molar-refractivity contribution < 1.29 is 28.6 Å². The Labute approximate surface area is 441 Å². The van der Waals surface area contributed by atoms with Gasteiger partial charge >= 0.3 is 17.9 Å². The van der Waals surface area contributed by atoms with Crippen molar-refractivity contribution in [1.29, 1.82) is 0 Å². The van der Waals surface area contributed by atoms with Crippen molar-refractivity contribution in [2.24, 2.45) is 0 Å². The van der Waals surface area contributed by atoms with E-state index in [0.717, 1.165) is 109 Å². The highest BCUT2D eigenvalue weighted by molar-refractivity contribution is 5.71. The van der Waals surface area contributed by atoms with Gasteiger partial charge in [0.1, 0.15) is 13.2 Å². The first-order valence-corrected chi connectivity index (χ1v) is 31.1. The molecule has 6 nitrogen and oxygen atoms in total. The van der Waals surface area contributed by atoms with Crippen molar-refractivity contribution in [1.82, 2.24) is 0 Å². The van der Waals surface area contributed by atoms with Crippen LogP contribution in [0.15, 0.2) is 48.6 Å². The van der Waals surface area contributed by atoms with E-state index in [2.05, 4.69) is 69.4 Å². The number of hydrogen-bond donors (Lipinski definition) is 0. The third-order valence-corrected chi connectivity index (χ3v) is 13.8. The molecule has 6 heteroatoms. The second kappa shape index (κ2) is 59.9. The fourth-order valence-corrected chi connectivity index (χ4v) is 9.10. The molecule has 71 heavy (non-hydrogen) atoms. The van der Waals surface area contributed by atoms with Crippen LogP contribution in [-0.2, 0) is 28.6 Å². The Morgan fingerprint density at radius 3 is 0.845 bits per heavy atom. The molecule has 0 aliphatic heterocycles. The zero-order chi connectivity index (χ0) is 51.4. The van der Waals surface area contributed by atoms with Crippen LogP contribution in [0.2, 0.25) is 0 Å². The Morgan fingerprint density at radius 1 is 0.282 bits per heavy atom. The molecule has 414 valence electrons. The largest absolute Gasteiger partial charge is 0.462 e. The van der Waals surface area contributed by atoms with Crippen LogP contribution in [-0.4, -0.2) is 37.2 Å². The highest BCUT2D eigenvalue weighted by atomic mass is 16.6. The lowest BCUT2D eigenvalue weighted by molar-refractivity contribution is -0.167. The van der Waals surface area contributed by atoms with Crippen LogP contribution in [0.1, 0.15) is 329 Å². The van der Waals surface area contributed by atoms with E-state index in [0.29, 0.717) is 19.3 Å². The molecular formula is C65H118O6. The summed E-state index contributed by atoms with van der Waals surface area (Å²) in [5, 5.41) is 0. The highest BCUT2D eigenvalue weighted by Crippen LogP contribution is 2.17. The maximum Gasteiger partial charge on any atom is 0.306 e. The molecule has 0 aliphatic rings. The van der Waals surface area contributed by atoms with Crippen LogP contribution in [0.25, 0.3) is 0 Å². The van der Waals surface area contributed by atoms with Gasteiger partial charge in [0.25, 0.3) is 0 Å². The second-order valence-electron chi connectivity index (χ2n) is 21.0. The van der Waals surface area contributed by atoms with E-state index >= 15 is 0 Å². The number of rotatable bonds is 57. The molecule has 0 aromatic heterocycles. The number of allylic oxidation sites excluding steroid dienone is 8.